The van der Waals surface area contributed by atoms with Crippen LogP contribution in [0.2, 0.25) is 0 Å². The number of amides is 4. The molecule has 1 saturated heterocycles. The predicted molar refractivity (Wildman–Crippen MR) is 222 cm³/mol. The second-order valence-corrected chi connectivity index (χ2v) is 18.6. The van der Waals surface area contributed by atoms with Crippen LogP contribution >= 0.6 is 15.9 Å². The number of hydrogen-bond acceptors (Lipinski definition) is 12. The summed E-state index contributed by atoms with van der Waals surface area (Å²) in [5.41, 5.74) is 1.68. The Labute approximate surface area is 373 Å². The van der Waals surface area contributed by atoms with Crippen LogP contribution in [0.5, 0.6) is 0 Å². The minimum Gasteiger partial charge on any atom is -0.443 e. The number of hydrogen-bond donors (Lipinski definition) is 0. The Balaban J connectivity index is 0.000000196. The van der Waals surface area contributed by atoms with Gasteiger partial charge in [-0.3, -0.25) is 9.59 Å². The lowest BCUT2D eigenvalue weighted by atomic mass is 9.78. The van der Waals surface area contributed by atoms with Crippen LogP contribution in [-0.4, -0.2) is 83.3 Å². The lowest BCUT2D eigenvalue weighted by Gasteiger charge is -2.32. The SMILES string of the molecule is CC(C)(C)OC(=O)N1Cc2cc(-c3cnc(C(F)(F)F)nc3)ccc2C1=O.CC(C)(C)OC(=O)N1Cc2cc(B3OC(C)(C)C(C)(C)O3)ccc2C1=O.FC(F)(F)c1ncc(Br)cn1. The molecule has 342 valence electrons. The van der Waals surface area contributed by atoms with Gasteiger partial charge >= 0.3 is 31.7 Å². The standard InChI is InChI=1S/C19H26BNO5.C18H16F3N3O3.C5H2BrF3N2/c1-17(2,3)24-16(23)21-11-12-10-13(8-9-14(12)15(21)22)20-25-18(4,5)19(6,7)26-20;1-17(2,3)27-16(26)24-9-11-6-10(4-5-13(11)14(24)25)12-7-22-15(23-8-12)18(19,20)21;6-3-1-10-4(11-2-3)5(7,8)9/h8-10H,11H2,1-7H3;4-8H,9H2,1-3H3;1-2H. The van der Waals surface area contributed by atoms with Crippen molar-refractivity contribution >= 4 is 52.5 Å². The van der Waals surface area contributed by atoms with Gasteiger partial charge in [0.2, 0.25) is 11.6 Å². The molecule has 7 rings (SSSR count). The molecule has 0 atom stereocenters. The molecule has 5 heterocycles. The first-order valence-corrected chi connectivity index (χ1v) is 20.2. The highest BCUT2D eigenvalue weighted by atomic mass is 79.9. The van der Waals surface area contributed by atoms with E-state index < -0.39 is 71.6 Å². The van der Waals surface area contributed by atoms with Gasteiger partial charge in [0.05, 0.1) is 28.8 Å². The number of ether oxygens (including phenoxy) is 2. The third-order valence-corrected chi connectivity index (χ3v) is 10.1. The van der Waals surface area contributed by atoms with Crippen LogP contribution in [0.4, 0.5) is 35.9 Å². The molecule has 0 unspecified atom stereocenters. The average Bonchev–Trinajstić information content (AvgIpc) is 3.76. The normalized spacial score (nSPS) is 16.6. The number of aromatic nitrogens is 4. The number of benzene rings is 2. The monoisotopic (exact) mass is 964 g/mol. The lowest BCUT2D eigenvalue weighted by Crippen LogP contribution is -2.41. The van der Waals surface area contributed by atoms with Gasteiger partial charge in [0.15, 0.2) is 0 Å². The Bertz CT molecular complexity index is 2410. The molecule has 0 bridgehead atoms. The molecule has 0 radical (unpaired) electrons. The van der Waals surface area contributed by atoms with E-state index in [9.17, 15) is 45.5 Å². The zero-order valence-corrected chi connectivity index (χ0v) is 37.9. The maximum absolute atomic E-state index is 12.6. The fourth-order valence-corrected chi connectivity index (χ4v) is 6.18. The molecule has 0 spiro atoms. The molecule has 2 aromatic heterocycles. The quantitative estimate of drug-likeness (QED) is 0.139. The maximum atomic E-state index is 12.6. The first kappa shape index (κ1) is 49.5. The summed E-state index contributed by atoms with van der Waals surface area (Å²) >= 11 is 2.92. The fraction of sp³-hybridized carbons (Fsp3) is 0.429. The summed E-state index contributed by atoms with van der Waals surface area (Å²) in [7, 11) is -0.504. The topological polar surface area (TPSA) is 163 Å². The van der Waals surface area contributed by atoms with E-state index in [4.69, 9.17) is 18.8 Å². The molecule has 22 heteroatoms. The number of nitrogens with zero attached hydrogens (tertiary/aromatic N) is 6. The van der Waals surface area contributed by atoms with E-state index in [1.165, 1.54) is 6.07 Å². The van der Waals surface area contributed by atoms with E-state index in [1.54, 1.807) is 59.7 Å². The highest BCUT2D eigenvalue weighted by molar-refractivity contribution is 9.10. The van der Waals surface area contributed by atoms with Crippen LogP contribution in [0, 0.1) is 0 Å². The molecule has 3 aliphatic heterocycles. The molecule has 64 heavy (non-hydrogen) atoms. The number of alkyl halides is 6. The Hall–Kier alpha value is -5.48. The summed E-state index contributed by atoms with van der Waals surface area (Å²) in [6, 6.07) is 10.1. The van der Waals surface area contributed by atoms with E-state index in [0.717, 1.165) is 45.6 Å². The molecule has 14 nitrogen and oxygen atoms in total. The molecule has 0 saturated carbocycles. The van der Waals surface area contributed by atoms with Gasteiger partial charge in [-0.05, 0) is 126 Å². The first-order valence-electron chi connectivity index (χ1n) is 19.4. The Morgan fingerprint density at radius 3 is 1.44 bits per heavy atom. The highest BCUT2D eigenvalue weighted by Gasteiger charge is 2.52. The van der Waals surface area contributed by atoms with E-state index in [-0.39, 0.29) is 19.0 Å². The van der Waals surface area contributed by atoms with Crippen LogP contribution in [0.15, 0.2) is 65.7 Å². The number of fused-ring (bicyclic) bond motifs is 2. The third-order valence-electron chi connectivity index (χ3n) is 9.71. The van der Waals surface area contributed by atoms with Gasteiger partial charge in [0, 0.05) is 41.5 Å². The number of carbonyl (C=O) groups excluding carboxylic acids is 4. The predicted octanol–water partition coefficient (Wildman–Crippen LogP) is 9.19. The largest absolute Gasteiger partial charge is 0.494 e. The van der Waals surface area contributed by atoms with Crippen LogP contribution < -0.4 is 5.46 Å². The van der Waals surface area contributed by atoms with Crippen molar-refractivity contribution < 1.29 is 64.3 Å². The van der Waals surface area contributed by atoms with Gasteiger partial charge < -0.3 is 18.8 Å². The number of halogens is 7. The summed E-state index contributed by atoms with van der Waals surface area (Å²) in [6.45, 7) is 18.6. The summed E-state index contributed by atoms with van der Waals surface area (Å²) < 4.78 is 96.1. The Kier molecular flexibility index (Phi) is 13.8. The van der Waals surface area contributed by atoms with E-state index in [2.05, 4.69) is 35.9 Å². The molecular weight excluding hydrogens is 921 g/mol. The molecule has 0 N–H and O–H groups in total. The smallest absolute Gasteiger partial charge is 0.443 e. The van der Waals surface area contributed by atoms with Crippen molar-refractivity contribution in [3.05, 3.63) is 99.6 Å². The Morgan fingerprint density at radius 2 is 1.03 bits per heavy atom. The van der Waals surface area contributed by atoms with E-state index in [1.807, 2.05) is 39.8 Å². The summed E-state index contributed by atoms with van der Waals surface area (Å²) in [6.07, 6.45) is -6.21. The summed E-state index contributed by atoms with van der Waals surface area (Å²) in [5, 5.41) is 0. The zero-order chi connectivity index (χ0) is 48.0. The number of rotatable bonds is 2. The van der Waals surface area contributed by atoms with Crippen LogP contribution in [0.1, 0.15) is 113 Å². The first-order chi connectivity index (χ1) is 29.3. The van der Waals surface area contributed by atoms with Crippen LogP contribution in [0.25, 0.3) is 11.1 Å². The number of carbonyl (C=O) groups is 4. The summed E-state index contributed by atoms with van der Waals surface area (Å²) in [5.74, 6) is -3.16. The molecular formula is C42H44BBrF6N6O8. The minimum absolute atomic E-state index is 0.0262. The van der Waals surface area contributed by atoms with Crippen LogP contribution in [-0.2, 0) is 44.2 Å². The molecule has 0 aliphatic carbocycles. The third kappa shape index (κ3) is 11.8. The van der Waals surface area contributed by atoms with Crippen LogP contribution in [0.3, 0.4) is 0 Å². The van der Waals surface area contributed by atoms with Crippen molar-refractivity contribution in [3.8, 4) is 11.1 Å². The molecule has 3 aliphatic rings. The van der Waals surface area contributed by atoms with Gasteiger partial charge in [-0.2, -0.15) is 26.3 Å². The second kappa shape index (κ2) is 17.8. The maximum Gasteiger partial charge on any atom is 0.494 e. The van der Waals surface area contributed by atoms with Crippen molar-refractivity contribution in [3.63, 3.8) is 0 Å². The van der Waals surface area contributed by atoms with Crippen molar-refractivity contribution in [2.75, 3.05) is 0 Å². The van der Waals surface area contributed by atoms with Crippen molar-refractivity contribution in [1.82, 2.24) is 29.7 Å². The fourth-order valence-electron chi connectivity index (χ4n) is 5.98. The van der Waals surface area contributed by atoms with Crippen molar-refractivity contribution in [2.24, 2.45) is 0 Å². The molecule has 4 aromatic rings. The summed E-state index contributed by atoms with van der Waals surface area (Å²) in [4.78, 5) is 64.3. The highest BCUT2D eigenvalue weighted by Crippen LogP contribution is 2.37. The Morgan fingerprint density at radius 1 is 0.641 bits per heavy atom. The van der Waals surface area contributed by atoms with E-state index in [0.29, 0.717) is 32.3 Å². The van der Waals surface area contributed by atoms with Gasteiger partial charge in [0.25, 0.3) is 11.8 Å². The zero-order valence-electron chi connectivity index (χ0n) is 36.4. The number of imide groups is 2. The van der Waals surface area contributed by atoms with Gasteiger partial charge in [-0.15, -0.1) is 0 Å². The molecule has 4 amide bonds. The van der Waals surface area contributed by atoms with Crippen molar-refractivity contribution in [1.29, 1.82) is 0 Å². The van der Waals surface area contributed by atoms with Gasteiger partial charge in [-0.25, -0.2) is 39.3 Å². The average molecular weight is 966 g/mol. The second-order valence-electron chi connectivity index (χ2n) is 17.6. The van der Waals surface area contributed by atoms with Gasteiger partial charge in [0.1, 0.15) is 11.2 Å². The molecule has 1 fully saturated rings. The molecule has 2 aromatic carbocycles. The van der Waals surface area contributed by atoms with Crippen molar-refractivity contribution in [2.45, 2.75) is 117 Å². The van der Waals surface area contributed by atoms with E-state index >= 15 is 0 Å². The minimum atomic E-state index is -4.61. The lowest BCUT2D eigenvalue weighted by molar-refractivity contribution is -0.145. The van der Waals surface area contributed by atoms with Gasteiger partial charge in [-0.1, -0.05) is 18.2 Å².